The molecule has 0 saturated heterocycles. The number of rotatable bonds is 4. The molecule has 0 aliphatic heterocycles. The third-order valence-electron chi connectivity index (χ3n) is 2.48. The van der Waals surface area contributed by atoms with Crippen LogP contribution in [0.4, 0.5) is 0 Å². The number of Topliss-reactive ketones (excluding diaryl/α,β-unsaturated/α-hetero) is 2. The summed E-state index contributed by atoms with van der Waals surface area (Å²) in [4.78, 5) is 34.3. The molecule has 1 atom stereocenters. The second kappa shape index (κ2) is 5.73. The summed E-state index contributed by atoms with van der Waals surface area (Å²) >= 11 is 0. The van der Waals surface area contributed by atoms with Crippen molar-refractivity contribution in [1.29, 1.82) is 5.26 Å². The molecule has 18 heavy (non-hydrogen) atoms. The fraction of sp³-hybridized carbons (Fsp3) is 0.231. The molecular weight excluding hydrogens is 232 g/mol. The third-order valence-corrected chi connectivity index (χ3v) is 2.48. The van der Waals surface area contributed by atoms with Crippen molar-refractivity contribution >= 4 is 17.5 Å². The molecule has 0 bridgehead atoms. The molecule has 92 valence electrons. The van der Waals surface area contributed by atoms with Crippen LogP contribution in [0.1, 0.15) is 27.6 Å². The quantitative estimate of drug-likeness (QED) is 0.631. The standard InChI is InChI=1S/C13H12N2O3/c1-8(16)9-3-5-10(6-4-9)12(17)11(7-14)13(18)15-2/h3-6,11H,1-2H3,(H,15,18). The highest BCUT2D eigenvalue weighted by atomic mass is 16.2. The molecular formula is C13H12N2O3. The zero-order chi connectivity index (χ0) is 13.7. The zero-order valence-electron chi connectivity index (χ0n) is 10.1. The maximum Gasteiger partial charge on any atom is 0.245 e. The summed E-state index contributed by atoms with van der Waals surface area (Å²) in [5.74, 6) is -2.69. The van der Waals surface area contributed by atoms with Gasteiger partial charge in [-0.3, -0.25) is 14.4 Å². The number of hydrogen-bond donors (Lipinski definition) is 1. The third kappa shape index (κ3) is 2.80. The Morgan fingerprint density at radius 1 is 1.17 bits per heavy atom. The molecule has 1 N–H and O–H groups in total. The number of benzene rings is 1. The summed E-state index contributed by atoms with van der Waals surface area (Å²) < 4.78 is 0. The molecule has 1 rings (SSSR count). The first-order valence-electron chi connectivity index (χ1n) is 5.27. The Bertz CT molecular complexity index is 526. The smallest absolute Gasteiger partial charge is 0.245 e. The number of carbonyl (C=O) groups is 3. The monoisotopic (exact) mass is 244 g/mol. The molecule has 1 aromatic rings. The van der Waals surface area contributed by atoms with Gasteiger partial charge in [-0.05, 0) is 6.92 Å². The van der Waals surface area contributed by atoms with Gasteiger partial charge in [-0.15, -0.1) is 0 Å². The lowest BCUT2D eigenvalue weighted by Gasteiger charge is -2.06. The summed E-state index contributed by atoms with van der Waals surface area (Å²) in [6, 6.07) is 7.52. The molecule has 0 radical (unpaired) electrons. The van der Waals surface area contributed by atoms with E-state index >= 15 is 0 Å². The highest BCUT2D eigenvalue weighted by Gasteiger charge is 2.26. The van der Waals surface area contributed by atoms with Crippen molar-refractivity contribution in [3.05, 3.63) is 35.4 Å². The van der Waals surface area contributed by atoms with Crippen LogP contribution in [0.2, 0.25) is 0 Å². The van der Waals surface area contributed by atoms with Gasteiger partial charge in [-0.1, -0.05) is 24.3 Å². The summed E-state index contributed by atoms with van der Waals surface area (Å²) in [6.07, 6.45) is 0. The van der Waals surface area contributed by atoms with Crippen LogP contribution in [0.25, 0.3) is 0 Å². The van der Waals surface area contributed by atoms with Crippen LogP contribution in [0, 0.1) is 17.2 Å². The number of hydrogen-bond acceptors (Lipinski definition) is 4. The predicted molar refractivity (Wildman–Crippen MR) is 63.9 cm³/mol. The molecule has 1 aromatic carbocycles. The lowest BCUT2D eigenvalue weighted by molar-refractivity contribution is -0.121. The normalized spacial score (nSPS) is 11.2. The maximum absolute atomic E-state index is 11.9. The van der Waals surface area contributed by atoms with E-state index in [1.807, 2.05) is 0 Å². The maximum atomic E-state index is 11.9. The number of amides is 1. The highest BCUT2D eigenvalue weighted by molar-refractivity contribution is 6.12. The fourth-order valence-electron chi connectivity index (χ4n) is 1.42. The van der Waals surface area contributed by atoms with E-state index in [1.54, 1.807) is 6.07 Å². The Kier molecular flexibility index (Phi) is 4.33. The van der Waals surface area contributed by atoms with E-state index in [0.29, 0.717) is 5.56 Å². The van der Waals surface area contributed by atoms with Crippen molar-refractivity contribution in [3.8, 4) is 6.07 Å². The average molecular weight is 244 g/mol. The molecule has 1 unspecified atom stereocenters. The van der Waals surface area contributed by atoms with Crippen molar-refractivity contribution in [3.63, 3.8) is 0 Å². The van der Waals surface area contributed by atoms with Crippen molar-refractivity contribution < 1.29 is 14.4 Å². The van der Waals surface area contributed by atoms with Gasteiger partial charge in [-0.25, -0.2) is 0 Å². The van der Waals surface area contributed by atoms with E-state index in [1.165, 1.54) is 38.2 Å². The Morgan fingerprint density at radius 2 is 1.67 bits per heavy atom. The van der Waals surface area contributed by atoms with Crippen LogP contribution in [-0.2, 0) is 4.79 Å². The molecule has 0 heterocycles. The van der Waals surface area contributed by atoms with Gasteiger partial charge >= 0.3 is 0 Å². The Morgan fingerprint density at radius 3 is 2.06 bits per heavy atom. The fourth-order valence-corrected chi connectivity index (χ4v) is 1.42. The molecule has 5 nitrogen and oxygen atoms in total. The number of nitrogens with one attached hydrogen (secondary N) is 1. The van der Waals surface area contributed by atoms with Crippen LogP contribution < -0.4 is 5.32 Å². The first-order chi connectivity index (χ1) is 8.51. The summed E-state index contributed by atoms with van der Waals surface area (Å²) in [7, 11) is 1.36. The van der Waals surface area contributed by atoms with Gasteiger partial charge in [0.05, 0.1) is 6.07 Å². The van der Waals surface area contributed by atoms with Crippen molar-refractivity contribution in [2.45, 2.75) is 6.92 Å². The zero-order valence-corrected chi connectivity index (χ0v) is 10.1. The first-order valence-corrected chi connectivity index (χ1v) is 5.27. The second-order valence-electron chi connectivity index (χ2n) is 3.67. The van der Waals surface area contributed by atoms with Crippen LogP contribution in [0.5, 0.6) is 0 Å². The van der Waals surface area contributed by atoms with Gasteiger partial charge in [0.15, 0.2) is 17.5 Å². The van der Waals surface area contributed by atoms with Crippen LogP contribution >= 0.6 is 0 Å². The second-order valence-corrected chi connectivity index (χ2v) is 3.67. The SMILES string of the molecule is CNC(=O)C(C#N)C(=O)c1ccc(C(C)=O)cc1. The minimum Gasteiger partial charge on any atom is -0.358 e. The molecule has 5 heteroatoms. The van der Waals surface area contributed by atoms with Gasteiger partial charge < -0.3 is 5.32 Å². The summed E-state index contributed by atoms with van der Waals surface area (Å²) in [5, 5.41) is 11.1. The van der Waals surface area contributed by atoms with Gasteiger partial charge in [-0.2, -0.15) is 5.26 Å². The molecule has 1 amide bonds. The lowest BCUT2D eigenvalue weighted by atomic mass is 9.97. The molecule has 0 aromatic heterocycles. The van der Waals surface area contributed by atoms with Crippen molar-refractivity contribution in [2.24, 2.45) is 5.92 Å². The molecule has 0 fully saturated rings. The molecule has 0 spiro atoms. The van der Waals surface area contributed by atoms with Crippen LogP contribution in [0.3, 0.4) is 0 Å². The minimum atomic E-state index is -1.36. The average Bonchev–Trinajstić information content (AvgIpc) is 2.39. The number of nitriles is 1. The van der Waals surface area contributed by atoms with Crippen LogP contribution in [-0.4, -0.2) is 24.5 Å². The number of nitrogens with zero attached hydrogens (tertiary/aromatic N) is 1. The summed E-state index contributed by atoms with van der Waals surface area (Å²) in [6.45, 7) is 1.42. The van der Waals surface area contributed by atoms with Crippen LogP contribution in [0.15, 0.2) is 24.3 Å². The number of carbonyl (C=O) groups excluding carboxylic acids is 3. The largest absolute Gasteiger partial charge is 0.358 e. The first kappa shape index (κ1) is 13.6. The van der Waals surface area contributed by atoms with Gasteiger partial charge in [0.1, 0.15) is 0 Å². The topological polar surface area (TPSA) is 87.0 Å². The summed E-state index contributed by atoms with van der Waals surface area (Å²) in [5.41, 5.74) is 0.704. The molecule has 0 aliphatic rings. The van der Waals surface area contributed by atoms with E-state index in [-0.39, 0.29) is 11.3 Å². The predicted octanol–water partition coefficient (Wildman–Crippen LogP) is 0.958. The van der Waals surface area contributed by atoms with Crippen molar-refractivity contribution in [1.82, 2.24) is 5.32 Å². The van der Waals surface area contributed by atoms with Gasteiger partial charge in [0, 0.05) is 18.2 Å². The Labute approximate surface area is 104 Å². The van der Waals surface area contributed by atoms with E-state index < -0.39 is 17.6 Å². The lowest BCUT2D eigenvalue weighted by Crippen LogP contribution is -2.32. The molecule has 0 saturated carbocycles. The molecule has 0 aliphatic carbocycles. The van der Waals surface area contributed by atoms with E-state index in [9.17, 15) is 14.4 Å². The van der Waals surface area contributed by atoms with Crippen molar-refractivity contribution in [2.75, 3.05) is 7.05 Å². The van der Waals surface area contributed by atoms with E-state index in [0.717, 1.165) is 0 Å². The van der Waals surface area contributed by atoms with Gasteiger partial charge in [0.25, 0.3) is 0 Å². The Balaban J connectivity index is 3.00. The van der Waals surface area contributed by atoms with E-state index in [2.05, 4.69) is 5.32 Å². The van der Waals surface area contributed by atoms with E-state index in [4.69, 9.17) is 5.26 Å². The Hall–Kier alpha value is -2.48. The minimum absolute atomic E-state index is 0.114. The number of ketones is 2. The van der Waals surface area contributed by atoms with Gasteiger partial charge in [0.2, 0.25) is 5.91 Å². The highest BCUT2D eigenvalue weighted by Crippen LogP contribution is 2.11.